The third kappa shape index (κ3) is 6.81. The number of hydrogen-bond donors (Lipinski definition) is 4. The zero-order valence-corrected chi connectivity index (χ0v) is 30.9. The number of rotatable bonds is 6. The number of hydrogen-bond acceptors (Lipinski definition) is 10. The Balaban J connectivity index is 0.903. The second kappa shape index (κ2) is 14.8. The molecule has 8 rings (SSSR count). The summed E-state index contributed by atoms with van der Waals surface area (Å²) >= 11 is 12.3. The molecule has 56 heavy (non-hydrogen) atoms. The Morgan fingerprint density at radius 3 is 2.18 bits per heavy atom. The Morgan fingerprint density at radius 2 is 1.46 bits per heavy atom. The number of imide groups is 2. The monoisotopic (exact) mass is 795 g/mol. The first-order valence-electron chi connectivity index (χ1n) is 17.8. The number of likely N-dealkylation sites (tertiary alicyclic amines) is 1. The number of H-pyrrole nitrogens is 1. The van der Waals surface area contributed by atoms with Crippen molar-refractivity contribution in [2.75, 3.05) is 18.4 Å². The van der Waals surface area contributed by atoms with Crippen LogP contribution in [0.1, 0.15) is 88.7 Å². The van der Waals surface area contributed by atoms with E-state index in [1.165, 1.54) is 24.4 Å². The highest BCUT2D eigenvalue weighted by Gasteiger charge is 2.45. The molecule has 0 bridgehead atoms. The Hall–Kier alpha value is -6.26. The van der Waals surface area contributed by atoms with Crippen LogP contribution in [-0.4, -0.2) is 86.5 Å². The third-order valence-electron chi connectivity index (χ3n) is 10.3. The summed E-state index contributed by atoms with van der Waals surface area (Å²) in [5.41, 5.74) is 3.41. The summed E-state index contributed by atoms with van der Waals surface area (Å²) in [6.07, 6.45) is 3.35. The maximum atomic E-state index is 13.6. The van der Waals surface area contributed by atoms with E-state index in [1.54, 1.807) is 29.2 Å². The largest absolute Gasteiger partial charge is 0.348 e. The minimum atomic E-state index is -1.08. The van der Waals surface area contributed by atoms with Crippen LogP contribution in [0.4, 0.5) is 17.1 Å². The maximum Gasteiger partial charge on any atom is 0.271 e. The van der Waals surface area contributed by atoms with Gasteiger partial charge in [0.2, 0.25) is 11.8 Å². The molecular weight excluding hydrogens is 765 g/mol. The first-order chi connectivity index (χ1) is 27.0. The summed E-state index contributed by atoms with van der Waals surface area (Å²) in [5.74, 6) is -3.64. The number of azo groups is 1. The van der Waals surface area contributed by atoms with Gasteiger partial charge in [0.15, 0.2) is 0 Å². The van der Waals surface area contributed by atoms with Gasteiger partial charge in [-0.05, 0) is 79.6 Å². The minimum Gasteiger partial charge on any atom is -0.348 e. The van der Waals surface area contributed by atoms with Crippen LogP contribution in [0.2, 0.25) is 10.0 Å². The number of anilines is 1. The topological polar surface area (TPSA) is 215 Å². The Bertz CT molecular complexity index is 2400. The second-order valence-electron chi connectivity index (χ2n) is 13.8. The van der Waals surface area contributed by atoms with Crippen LogP contribution in [0.25, 0.3) is 0 Å². The fourth-order valence-corrected chi connectivity index (χ4v) is 7.91. The van der Waals surface area contributed by atoms with Gasteiger partial charge in [-0.1, -0.05) is 35.3 Å². The molecule has 2 saturated heterocycles. The lowest BCUT2D eigenvalue weighted by molar-refractivity contribution is -0.136. The van der Waals surface area contributed by atoms with Crippen molar-refractivity contribution < 1.29 is 33.6 Å². The van der Waals surface area contributed by atoms with Crippen molar-refractivity contribution in [2.24, 2.45) is 10.2 Å². The van der Waals surface area contributed by atoms with Gasteiger partial charge < -0.3 is 15.5 Å². The average Bonchev–Trinajstić information content (AvgIpc) is 3.73. The van der Waals surface area contributed by atoms with Gasteiger partial charge in [-0.3, -0.25) is 48.9 Å². The van der Waals surface area contributed by atoms with Crippen molar-refractivity contribution in [3.63, 3.8) is 0 Å². The molecule has 4 N–H and O–H groups in total. The van der Waals surface area contributed by atoms with Crippen molar-refractivity contribution in [3.05, 3.63) is 104 Å². The number of amides is 7. The predicted molar refractivity (Wildman–Crippen MR) is 201 cm³/mol. The van der Waals surface area contributed by atoms with Gasteiger partial charge in [-0.2, -0.15) is 15.3 Å². The first-order valence-corrected chi connectivity index (χ1v) is 18.5. The molecule has 0 saturated carbocycles. The Labute approximate surface area is 328 Å². The van der Waals surface area contributed by atoms with E-state index in [2.05, 4.69) is 36.4 Å². The molecule has 0 spiro atoms. The summed E-state index contributed by atoms with van der Waals surface area (Å²) < 4.78 is 0. The predicted octanol–water partition coefficient (Wildman–Crippen LogP) is 4.92. The second-order valence-corrected chi connectivity index (χ2v) is 14.6. The van der Waals surface area contributed by atoms with Gasteiger partial charge >= 0.3 is 0 Å². The molecule has 0 aliphatic carbocycles. The Kier molecular flexibility index (Phi) is 9.68. The lowest BCUT2D eigenvalue weighted by Crippen LogP contribution is -2.54. The molecule has 4 aliphatic heterocycles. The van der Waals surface area contributed by atoms with Gasteiger partial charge in [0.05, 0.1) is 50.0 Å². The lowest BCUT2D eigenvalue weighted by Gasteiger charge is -2.32. The van der Waals surface area contributed by atoms with Crippen molar-refractivity contribution in [1.82, 2.24) is 30.6 Å². The van der Waals surface area contributed by atoms with Crippen molar-refractivity contribution in [1.29, 1.82) is 0 Å². The van der Waals surface area contributed by atoms with Gasteiger partial charge in [0.25, 0.3) is 29.5 Å². The standard InChI is InChI=1S/C38H31Cl2N9O7/c39-24-2-1-3-25(40)31(24)34(52)43-28-17-41-47-32(28)35(53)42-21-10-12-48(13-11-21)36(54)20-7-5-18-4-6-19-14-22-23(16-27(19)46-45-26(18)15-20)38(56)49(37(22)55)29-8-9-30(50)44-33(29)51/h1-3,5,7,14-17,21,29H,4,6,8-13H2,(H,41,47)(H,42,53)(H,43,52)(H,44,50,51). The number of aromatic amines is 1. The van der Waals surface area contributed by atoms with Crippen molar-refractivity contribution in [3.8, 4) is 0 Å². The number of aryl methyl sites for hydroxylation is 2. The average molecular weight is 797 g/mol. The van der Waals surface area contributed by atoms with Crippen LogP contribution < -0.4 is 16.0 Å². The van der Waals surface area contributed by atoms with Gasteiger partial charge in [-0.25, -0.2) is 0 Å². The summed E-state index contributed by atoms with van der Waals surface area (Å²) in [7, 11) is 0. The number of fused-ring (bicyclic) bond motifs is 3. The fraction of sp³-hybridized carbons (Fsp3) is 0.263. The quantitative estimate of drug-likeness (QED) is 0.196. The molecule has 284 valence electrons. The molecule has 3 aromatic carbocycles. The number of piperidine rings is 2. The molecule has 1 atom stereocenters. The summed E-state index contributed by atoms with van der Waals surface area (Å²) in [4.78, 5) is 93.2. The number of nitrogens with one attached hydrogen (secondary N) is 4. The highest BCUT2D eigenvalue weighted by atomic mass is 35.5. The van der Waals surface area contributed by atoms with E-state index in [0.29, 0.717) is 61.3 Å². The molecule has 4 aliphatic rings. The molecule has 5 heterocycles. The number of carbonyl (C=O) groups is 7. The molecule has 1 unspecified atom stereocenters. The third-order valence-corrected chi connectivity index (χ3v) is 11.0. The summed E-state index contributed by atoms with van der Waals surface area (Å²) in [6.45, 7) is 0.752. The normalized spacial score (nSPS) is 18.1. The number of benzene rings is 3. The van der Waals surface area contributed by atoms with Gasteiger partial charge in [0, 0.05) is 31.1 Å². The lowest BCUT2D eigenvalue weighted by atomic mass is 9.96. The first kappa shape index (κ1) is 36.7. The highest BCUT2D eigenvalue weighted by Crippen LogP contribution is 2.37. The molecule has 18 heteroatoms. The summed E-state index contributed by atoms with van der Waals surface area (Å²) in [6, 6.07) is 11.7. The number of halogens is 2. The zero-order valence-electron chi connectivity index (χ0n) is 29.4. The van der Waals surface area contributed by atoms with E-state index in [9.17, 15) is 33.6 Å². The zero-order chi connectivity index (χ0) is 39.2. The van der Waals surface area contributed by atoms with E-state index in [4.69, 9.17) is 23.2 Å². The molecule has 7 amide bonds. The molecule has 16 nitrogen and oxygen atoms in total. The minimum absolute atomic E-state index is 0.0219. The maximum absolute atomic E-state index is 13.6. The number of aromatic nitrogens is 2. The number of carbonyl (C=O) groups excluding carboxylic acids is 7. The molecule has 2 fully saturated rings. The smallest absolute Gasteiger partial charge is 0.271 e. The van der Waals surface area contributed by atoms with Crippen LogP contribution >= 0.6 is 23.2 Å². The van der Waals surface area contributed by atoms with Crippen LogP contribution in [0.3, 0.4) is 0 Å². The van der Waals surface area contributed by atoms with Gasteiger partial charge in [0.1, 0.15) is 11.7 Å². The molecule has 0 radical (unpaired) electrons. The van der Waals surface area contributed by atoms with E-state index >= 15 is 0 Å². The van der Waals surface area contributed by atoms with Gasteiger partial charge in [-0.15, -0.1) is 0 Å². The SMILES string of the molecule is O=C1CCC(N2C(=O)c3cc4c(cc3C2=O)N=Nc2cc(C(=O)N3CCC(NC(=O)c5[nH]ncc5NC(=O)c5c(Cl)cccc5Cl)CC3)ccc2CC4)C(=O)N1. The molecule has 1 aromatic heterocycles. The molecule has 4 aromatic rings. The number of nitrogens with zero attached hydrogens (tertiary/aromatic N) is 5. The van der Waals surface area contributed by atoms with Crippen LogP contribution in [-0.2, 0) is 22.4 Å². The van der Waals surface area contributed by atoms with Crippen LogP contribution in [0, 0.1) is 0 Å². The van der Waals surface area contributed by atoms with E-state index in [1.807, 2.05) is 6.07 Å². The van der Waals surface area contributed by atoms with Crippen LogP contribution in [0.5, 0.6) is 0 Å². The van der Waals surface area contributed by atoms with E-state index < -0.39 is 41.5 Å². The van der Waals surface area contributed by atoms with E-state index in [-0.39, 0.29) is 62.9 Å². The van der Waals surface area contributed by atoms with Crippen molar-refractivity contribution >= 4 is 81.6 Å². The Morgan fingerprint density at radius 1 is 0.786 bits per heavy atom. The molecular formula is C38H31Cl2N9O7. The highest BCUT2D eigenvalue weighted by molar-refractivity contribution is 6.40. The summed E-state index contributed by atoms with van der Waals surface area (Å²) in [5, 5.41) is 23.5. The van der Waals surface area contributed by atoms with Crippen LogP contribution in [0.15, 0.2) is 65.0 Å². The van der Waals surface area contributed by atoms with E-state index in [0.717, 1.165) is 10.5 Å². The fourth-order valence-electron chi connectivity index (χ4n) is 7.34. The van der Waals surface area contributed by atoms with Crippen molar-refractivity contribution in [2.45, 2.75) is 50.6 Å².